The zero-order valence-electron chi connectivity index (χ0n) is 13.0. The summed E-state index contributed by atoms with van der Waals surface area (Å²) in [4.78, 5) is 12.0. The van der Waals surface area contributed by atoms with Gasteiger partial charge in [0.1, 0.15) is 5.82 Å². The summed E-state index contributed by atoms with van der Waals surface area (Å²) < 4.78 is 56.6. The molecule has 0 aliphatic heterocycles. The number of carbonyl (C=O) groups excluding carboxylic acids is 1. The molecule has 0 saturated heterocycles. The van der Waals surface area contributed by atoms with Gasteiger partial charge in [-0.25, -0.2) is 9.18 Å². The third-order valence-electron chi connectivity index (χ3n) is 3.30. The lowest BCUT2D eigenvalue weighted by molar-refractivity contribution is -0.137. The maximum absolute atomic E-state index is 13.2. The molecule has 128 valence electrons. The van der Waals surface area contributed by atoms with Crippen LogP contribution in [-0.2, 0) is 10.9 Å². The summed E-state index contributed by atoms with van der Waals surface area (Å²) in [5, 5.41) is 2.85. The Bertz CT molecular complexity index is 757. The Morgan fingerprint density at radius 2 is 1.79 bits per heavy atom. The zero-order valence-corrected chi connectivity index (χ0v) is 13.0. The van der Waals surface area contributed by atoms with Crippen molar-refractivity contribution in [2.75, 3.05) is 11.9 Å². The Hall–Kier alpha value is -2.57. The highest BCUT2D eigenvalue weighted by Gasteiger charge is 2.32. The van der Waals surface area contributed by atoms with Crippen molar-refractivity contribution >= 4 is 17.3 Å². The second-order valence-electron chi connectivity index (χ2n) is 5.06. The zero-order chi connectivity index (χ0) is 17.9. The van der Waals surface area contributed by atoms with Crippen LogP contribution in [0.5, 0.6) is 0 Å². The average Bonchev–Trinajstić information content (AvgIpc) is 2.49. The van der Waals surface area contributed by atoms with Crippen molar-refractivity contribution in [2.45, 2.75) is 20.0 Å². The molecule has 2 aromatic rings. The summed E-state index contributed by atoms with van der Waals surface area (Å²) in [7, 11) is 0. The Morgan fingerprint density at radius 3 is 2.38 bits per heavy atom. The summed E-state index contributed by atoms with van der Waals surface area (Å²) >= 11 is 0. The van der Waals surface area contributed by atoms with E-state index in [-0.39, 0.29) is 17.9 Å². The van der Waals surface area contributed by atoms with Crippen LogP contribution in [0.25, 0.3) is 0 Å². The van der Waals surface area contributed by atoms with E-state index >= 15 is 0 Å². The molecule has 0 aromatic heterocycles. The minimum Gasteiger partial charge on any atom is -0.462 e. The minimum atomic E-state index is -4.58. The van der Waals surface area contributed by atoms with Gasteiger partial charge in [0.2, 0.25) is 0 Å². The average molecular weight is 341 g/mol. The molecule has 2 aromatic carbocycles. The number of hydrogen-bond donors (Lipinski definition) is 1. The fourth-order valence-electron chi connectivity index (χ4n) is 2.12. The largest absolute Gasteiger partial charge is 0.462 e. The van der Waals surface area contributed by atoms with E-state index in [1.807, 2.05) is 0 Å². The number of aryl methyl sites for hydroxylation is 1. The predicted molar refractivity (Wildman–Crippen MR) is 81.8 cm³/mol. The van der Waals surface area contributed by atoms with Crippen LogP contribution in [0.4, 0.5) is 28.9 Å². The molecule has 0 spiro atoms. The van der Waals surface area contributed by atoms with Crippen molar-refractivity contribution in [3.8, 4) is 0 Å². The van der Waals surface area contributed by atoms with Crippen LogP contribution in [0.15, 0.2) is 36.4 Å². The maximum Gasteiger partial charge on any atom is 0.416 e. The first kappa shape index (κ1) is 17.8. The van der Waals surface area contributed by atoms with Crippen LogP contribution in [-0.4, -0.2) is 12.6 Å². The van der Waals surface area contributed by atoms with E-state index in [1.54, 1.807) is 13.8 Å². The van der Waals surface area contributed by atoms with E-state index in [4.69, 9.17) is 4.74 Å². The molecule has 0 fully saturated rings. The van der Waals surface area contributed by atoms with Gasteiger partial charge in [-0.05, 0) is 55.8 Å². The fourth-order valence-corrected chi connectivity index (χ4v) is 2.12. The molecule has 0 saturated carbocycles. The number of alkyl halides is 3. The molecule has 2 rings (SSSR count). The van der Waals surface area contributed by atoms with Gasteiger partial charge >= 0.3 is 12.1 Å². The van der Waals surface area contributed by atoms with Crippen molar-refractivity contribution < 1.29 is 27.1 Å². The monoisotopic (exact) mass is 341 g/mol. The van der Waals surface area contributed by atoms with E-state index in [9.17, 15) is 22.4 Å². The normalized spacial score (nSPS) is 11.2. The van der Waals surface area contributed by atoms with E-state index < -0.39 is 23.5 Å². The van der Waals surface area contributed by atoms with Crippen molar-refractivity contribution in [1.82, 2.24) is 0 Å². The molecule has 0 radical (unpaired) electrons. The van der Waals surface area contributed by atoms with Gasteiger partial charge in [-0.2, -0.15) is 13.2 Å². The Balaban J connectivity index is 2.46. The third-order valence-corrected chi connectivity index (χ3v) is 3.30. The van der Waals surface area contributed by atoms with E-state index in [2.05, 4.69) is 5.32 Å². The molecule has 1 N–H and O–H groups in total. The SMILES string of the molecule is CCOC(=O)c1cc(C(F)(F)F)ccc1Nc1ccc(F)cc1C. The number of anilines is 2. The van der Waals surface area contributed by atoms with Crippen molar-refractivity contribution in [3.63, 3.8) is 0 Å². The van der Waals surface area contributed by atoms with Gasteiger partial charge in [-0.15, -0.1) is 0 Å². The van der Waals surface area contributed by atoms with Gasteiger partial charge in [-0.3, -0.25) is 0 Å². The summed E-state index contributed by atoms with van der Waals surface area (Å²) in [5.74, 6) is -1.30. The van der Waals surface area contributed by atoms with Crippen molar-refractivity contribution in [2.24, 2.45) is 0 Å². The van der Waals surface area contributed by atoms with Gasteiger partial charge in [0.25, 0.3) is 0 Å². The van der Waals surface area contributed by atoms with Gasteiger partial charge in [-0.1, -0.05) is 0 Å². The predicted octanol–water partition coefficient (Wildman–Crippen LogP) is 5.07. The Kier molecular flexibility index (Phi) is 5.11. The lowest BCUT2D eigenvalue weighted by Gasteiger charge is -2.15. The number of carbonyl (C=O) groups is 1. The number of halogens is 4. The quantitative estimate of drug-likeness (QED) is 0.623. The lowest BCUT2D eigenvalue weighted by Crippen LogP contribution is -2.12. The third kappa shape index (κ3) is 4.04. The Morgan fingerprint density at radius 1 is 1.12 bits per heavy atom. The summed E-state index contributed by atoms with van der Waals surface area (Å²) in [5.41, 5.74) is -0.0232. The molecule has 0 aliphatic rings. The van der Waals surface area contributed by atoms with Crippen LogP contribution >= 0.6 is 0 Å². The molecule has 0 atom stereocenters. The van der Waals surface area contributed by atoms with Gasteiger partial charge < -0.3 is 10.1 Å². The minimum absolute atomic E-state index is 0.0318. The smallest absolute Gasteiger partial charge is 0.416 e. The molecule has 0 amide bonds. The number of nitrogens with one attached hydrogen (secondary N) is 1. The topological polar surface area (TPSA) is 38.3 Å². The number of ether oxygens (including phenoxy) is 1. The molecular weight excluding hydrogens is 326 g/mol. The van der Waals surface area contributed by atoms with Crippen LogP contribution in [0.2, 0.25) is 0 Å². The number of rotatable bonds is 4. The first-order valence-electron chi connectivity index (χ1n) is 7.14. The van der Waals surface area contributed by atoms with Gasteiger partial charge in [0.15, 0.2) is 0 Å². The van der Waals surface area contributed by atoms with Crippen LogP contribution < -0.4 is 5.32 Å². The van der Waals surface area contributed by atoms with Crippen molar-refractivity contribution in [1.29, 1.82) is 0 Å². The van der Waals surface area contributed by atoms with Gasteiger partial charge in [0, 0.05) is 5.69 Å². The highest BCUT2D eigenvalue weighted by molar-refractivity contribution is 5.97. The van der Waals surface area contributed by atoms with E-state index in [1.165, 1.54) is 18.2 Å². The Labute approximate surface area is 136 Å². The summed E-state index contributed by atoms with van der Waals surface area (Å²) in [6.45, 7) is 3.23. The first-order chi connectivity index (χ1) is 11.2. The molecule has 0 unspecified atom stereocenters. The molecule has 3 nitrogen and oxygen atoms in total. The van der Waals surface area contributed by atoms with Crippen LogP contribution in [0, 0.1) is 12.7 Å². The first-order valence-corrected chi connectivity index (χ1v) is 7.14. The van der Waals surface area contributed by atoms with Gasteiger partial charge in [0.05, 0.1) is 23.4 Å². The summed E-state index contributed by atoms with van der Waals surface area (Å²) in [6, 6.07) is 6.68. The number of esters is 1. The lowest BCUT2D eigenvalue weighted by atomic mass is 10.1. The second-order valence-corrected chi connectivity index (χ2v) is 5.06. The van der Waals surface area contributed by atoms with E-state index in [0.717, 1.165) is 18.2 Å². The molecule has 7 heteroatoms. The van der Waals surface area contributed by atoms with Crippen LogP contribution in [0.1, 0.15) is 28.4 Å². The molecule has 0 bridgehead atoms. The second kappa shape index (κ2) is 6.90. The maximum atomic E-state index is 13.2. The highest BCUT2D eigenvalue weighted by Crippen LogP contribution is 2.33. The number of hydrogen-bond acceptors (Lipinski definition) is 3. The fraction of sp³-hybridized carbons (Fsp3) is 0.235. The van der Waals surface area contributed by atoms with E-state index in [0.29, 0.717) is 11.3 Å². The molecular formula is C17H15F4NO2. The molecule has 0 heterocycles. The summed E-state index contributed by atoms with van der Waals surface area (Å²) in [6.07, 6.45) is -4.58. The molecule has 24 heavy (non-hydrogen) atoms. The standard InChI is InChI=1S/C17H15F4NO2/c1-3-24-16(23)13-9-11(17(19,20)21)4-6-15(13)22-14-7-5-12(18)8-10(14)2/h4-9,22H,3H2,1-2H3. The van der Waals surface area contributed by atoms with Crippen LogP contribution in [0.3, 0.4) is 0 Å². The highest BCUT2D eigenvalue weighted by atomic mass is 19.4. The number of benzene rings is 2. The molecule has 0 aliphatic carbocycles. The van der Waals surface area contributed by atoms with Crippen molar-refractivity contribution in [3.05, 3.63) is 58.9 Å².